The number of furan rings is 1. The largest absolute Gasteiger partial charge is 0.459 e. The van der Waals surface area contributed by atoms with Crippen molar-refractivity contribution in [3.05, 3.63) is 94.0 Å². The Morgan fingerprint density at radius 2 is 1.74 bits per heavy atom. The summed E-state index contributed by atoms with van der Waals surface area (Å²) in [5.74, 6) is 1.88. The van der Waals surface area contributed by atoms with Gasteiger partial charge in [0.05, 0.1) is 0 Å². The van der Waals surface area contributed by atoms with Crippen molar-refractivity contribution in [2.75, 3.05) is 6.54 Å². The second-order valence-electron chi connectivity index (χ2n) is 6.34. The van der Waals surface area contributed by atoms with E-state index in [4.69, 9.17) is 38.2 Å². The molecule has 3 aromatic rings. The molecule has 1 atom stereocenters. The van der Waals surface area contributed by atoms with E-state index in [1.165, 1.54) is 0 Å². The van der Waals surface area contributed by atoms with E-state index in [2.05, 4.69) is 0 Å². The summed E-state index contributed by atoms with van der Waals surface area (Å²) in [5, 5.41) is 3.21. The van der Waals surface area contributed by atoms with E-state index in [1.807, 2.05) is 71.8 Å². The van der Waals surface area contributed by atoms with Crippen LogP contribution in [0.4, 0.5) is 0 Å². The van der Waals surface area contributed by atoms with Gasteiger partial charge in [0.1, 0.15) is 17.6 Å². The van der Waals surface area contributed by atoms with E-state index in [1.54, 1.807) is 0 Å². The van der Waals surface area contributed by atoms with E-state index in [0.717, 1.165) is 34.1 Å². The van der Waals surface area contributed by atoms with Crippen molar-refractivity contribution < 1.29 is 9.25 Å². The summed E-state index contributed by atoms with van der Waals surface area (Å²) in [5.41, 5.74) is 7.96. The summed E-state index contributed by atoms with van der Waals surface area (Å²) in [4.78, 5) is 5.67. The molecule has 0 saturated heterocycles. The molecule has 0 amide bonds. The quantitative estimate of drug-likeness (QED) is 0.606. The molecule has 0 fully saturated rings. The standard InChI is InChI=1S/C21H18Cl2N2O2/c22-16-5-1-3-14(11-16)9-10-25-18(13-21(24)27-25)20-8-7-19(26-20)15-4-2-6-17(23)12-15/h1-8,11-13,18H,9-10,24H2. The molecule has 4 rings (SSSR count). The van der Waals surface area contributed by atoms with Crippen LogP contribution in [0.3, 0.4) is 0 Å². The van der Waals surface area contributed by atoms with Crippen molar-refractivity contribution in [3.8, 4) is 11.3 Å². The van der Waals surface area contributed by atoms with Crippen molar-refractivity contribution in [2.24, 2.45) is 5.73 Å². The van der Waals surface area contributed by atoms with Crippen LogP contribution in [0.25, 0.3) is 11.3 Å². The van der Waals surface area contributed by atoms with Crippen LogP contribution >= 0.6 is 23.2 Å². The molecule has 0 spiro atoms. The predicted octanol–water partition coefficient (Wildman–Crippen LogP) is 5.58. The lowest BCUT2D eigenvalue weighted by Crippen LogP contribution is -2.25. The van der Waals surface area contributed by atoms with Crippen molar-refractivity contribution in [1.82, 2.24) is 5.06 Å². The third-order valence-electron chi connectivity index (χ3n) is 4.39. The molecule has 2 heterocycles. The maximum absolute atomic E-state index is 6.08. The molecular formula is C21H18Cl2N2O2. The summed E-state index contributed by atoms with van der Waals surface area (Å²) >= 11 is 12.1. The van der Waals surface area contributed by atoms with Gasteiger partial charge in [0.15, 0.2) is 0 Å². The fraction of sp³-hybridized carbons (Fsp3) is 0.143. The van der Waals surface area contributed by atoms with Gasteiger partial charge in [-0.2, -0.15) is 0 Å². The van der Waals surface area contributed by atoms with Gasteiger partial charge < -0.3 is 15.0 Å². The van der Waals surface area contributed by atoms with Gasteiger partial charge in [-0.25, -0.2) is 0 Å². The molecule has 1 unspecified atom stereocenters. The normalized spacial score (nSPS) is 17.0. The fourth-order valence-corrected chi connectivity index (χ4v) is 3.51. The van der Waals surface area contributed by atoms with Crippen LogP contribution in [0.5, 0.6) is 0 Å². The molecule has 0 radical (unpaired) electrons. The molecule has 1 aliphatic rings. The highest BCUT2D eigenvalue weighted by atomic mass is 35.5. The maximum Gasteiger partial charge on any atom is 0.207 e. The van der Waals surface area contributed by atoms with Gasteiger partial charge >= 0.3 is 0 Å². The Labute approximate surface area is 167 Å². The van der Waals surface area contributed by atoms with Gasteiger partial charge in [0.2, 0.25) is 5.88 Å². The molecule has 2 N–H and O–H groups in total. The number of halogens is 2. The Kier molecular flexibility index (Phi) is 5.12. The molecule has 2 aromatic carbocycles. The Balaban J connectivity index is 1.51. The molecule has 6 heteroatoms. The zero-order valence-corrected chi connectivity index (χ0v) is 16.0. The van der Waals surface area contributed by atoms with E-state index >= 15 is 0 Å². The van der Waals surface area contributed by atoms with E-state index in [-0.39, 0.29) is 6.04 Å². The van der Waals surface area contributed by atoms with Crippen molar-refractivity contribution in [2.45, 2.75) is 12.5 Å². The first-order valence-corrected chi connectivity index (χ1v) is 9.36. The average Bonchev–Trinajstić information content (AvgIpc) is 3.26. The summed E-state index contributed by atoms with van der Waals surface area (Å²) in [7, 11) is 0. The Hall–Kier alpha value is -2.40. The third-order valence-corrected chi connectivity index (χ3v) is 4.86. The van der Waals surface area contributed by atoms with E-state index < -0.39 is 0 Å². The number of nitrogens with two attached hydrogens (primary N) is 1. The molecule has 138 valence electrons. The van der Waals surface area contributed by atoms with Crippen LogP contribution in [-0.2, 0) is 11.3 Å². The lowest BCUT2D eigenvalue weighted by atomic mass is 10.1. The summed E-state index contributed by atoms with van der Waals surface area (Å²) in [6.45, 7) is 0.648. The van der Waals surface area contributed by atoms with Gasteiger partial charge in [-0.05, 0) is 48.4 Å². The molecule has 1 aromatic heterocycles. The first kappa shape index (κ1) is 18.0. The minimum absolute atomic E-state index is 0.183. The highest BCUT2D eigenvalue weighted by Gasteiger charge is 2.29. The topological polar surface area (TPSA) is 51.6 Å². The van der Waals surface area contributed by atoms with Crippen molar-refractivity contribution in [1.29, 1.82) is 0 Å². The van der Waals surface area contributed by atoms with Gasteiger partial charge in [-0.3, -0.25) is 0 Å². The zero-order valence-electron chi connectivity index (χ0n) is 14.4. The smallest absolute Gasteiger partial charge is 0.207 e. The molecule has 0 saturated carbocycles. The number of hydroxylamine groups is 2. The van der Waals surface area contributed by atoms with Crippen LogP contribution in [0, 0.1) is 0 Å². The second kappa shape index (κ2) is 7.69. The van der Waals surface area contributed by atoms with Gasteiger partial charge in [-0.15, -0.1) is 5.06 Å². The highest BCUT2D eigenvalue weighted by Crippen LogP contribution is 2.34. The SMILES string of the molecule is NC1=CC(c2ccc(-c3cccc(Cl)c3)o2)N(CCc2cccc(Cl)c2)O1. The maximum atomic E-state index is 6.08. The Bertz CT molecular complexity index is 984. The lowest BCUT2D eigenvalue weighted by Gasteiger charge is -2.21. The monoisotopic (exact) mass is 400 g/mol. The molecule has 0 bridgehead atoms. The number of rotatable bonds is 5. The van der Waals surface area contributed by atoms with Gasteiger partial charge in [-0.1, -0.05) is 47.5 Å². The van der Waals surface area contributed by atoms with Crippen LogP contribution in [0.1, 0.15) is 17.4 Å². The molecular weight excluding hydrogens is 383 g/mol. The summed E-state index contributed by atoms with van der Waals surface area (Å²) in [6.07, 6.45) is 2.62. The second-order valence-corrected chi connectivity index (χ2v) is 7.21. The van der Waals surface area contributed by atoms with Crippen LogP contribution in [-0.4, -0.2) is 11.6 Å². The molecule has 0 aliphatic carbocycles. The predicted molar refractivity (Wildman–Crippen MR) is 107 cm³/mol. The number of nitrogens with zero attached hydrogens (tertiary/aromatic N) is 1. The van der Waals surface area contributed by atoms with Crippen LogP contribution in [0.15, 0.2) is 77.0 Å². The number of benzene rings is 2. The van der Waals surface area contributed by atoms with E-state index in [9.17, 15) is 0 Å². The van der Waals surface area contributed by atoms with Crippen LogP contribution < -0.4 is 5.73 Å². The third kappa shape index (κ3) is 4.14. The van der Waals surface area contributed by atoms with Crippen molar-refractivity contribution >= 4 is 23.2 Å². The molecule has 1 aliphatic heterocycles. The summed E-state index contributed by atoms with van der Waals surface area (Å²) < 4.78 is 6.06. The number of hydrogen-bond acceptors (Lipinski definition) is 4. The molecule has 4 nitrogen and oxygen atoms in total. The Morgan fingerprint density at radius 1 is 0.963 bits per heavy atom. The fourth-order valence-electron chi connectivity index (χ4n) is 3.11. The van der Waals surface area contributed by atoms with Gasteiger partial charge in [0.25, 0.3) is 0 Å². The number of hydrogen-bond donors (Lipinski definition) is 1. The van der Waals surface area contributed by atoms with Crippen LogP contribution in [0.2, 0.25) is 10.0 Å². The average molecular weight is 401 g/mol. The van der Waals surface area contributed by atoms with E-state index in [0.29, 0.717) is 17.5 Å². The minimum atomic E-state index is -0.183. The van der Waals surface area contributed by atoms with Crippen molar-refractivity contribution in [3.63, 3.8) is 0 Å². The lowest BCUT2D eigenvalue weighted by molar-refractivity contribution is -0.122. The molecule has 27 heavy (non-hydrogen) atoms. The Morgan fingerprint density at radius 3 is 2.52 bits per heavy atom. The first-order valence-electron chi connectivity index (χ1n) is 8.60. The minimum Gasteiger partial charge on any atom is -0.459 e. The summed E-state index contributed by atoms with van der Waals surface area (Å²) in [6, 6.07) is 19.0. The van der Waals surface area contributed by atoms with Gasteiger partial charge in [0, 0.05) is 28.2 Å². The zero-order chi connectivity index (χ0) is 18.8. The highest BCUT2D eigenvalue weighted by molar-refractivity contribution is 6.31. The first-order chi connectivity index (χ1) is 13.1.